The number of carbonyl (C=O) groups is 2. The van der Waals surface area contributed by atoms with Crippen molar-refractivity contribution >= 4 is 46.7 Å². The number of carboxylic acids is 2. The molecule has 0 saturated heterocycles. The molecule has 0 aliphatic heterocycles. The van der Waals surface area contributed by atoms with Crippen molar-refractivity contribution in [2.75, 3.05) is 0 Å². The minimum Gasteiger partial charge on any atom is -0.753 e. The maximum Gasteiger partial charge on any atom is 2.00 e. The molecule has 3 radical (unpaired) electrons. The summed E-state index contributed by atoms with van der Waals surface area (Å²) in [4.78, 5) is 38.0. The molecule has 0 aliphatic carbocycles. The molecule has 4 aromatic rings. The molecule has 2 N–H and O–H groups in total. The summed E-state index contributed by atoms with van der Waals surface area (Å²) in [7, 11) is 0. The first-order chi connectivity index (χ1) is 17.4. The molecule has 40 heavy (non-hydrogen) atoms. The summed E-state index contributed by atoms with van der Waals surface area (Å²) >= 11 is 7.40. The van der Waals surface area contributed by atoms with E-state index in [1.807, 2.05) is 36.4 Å². The Morgan fingerprint density at radius 1 is 0.600 bits per heavy atom. The van der Waals surface area contributed by atoms with Crippen molar-refractivity contribution in [3.05, 3.63) is 107 Å². The van der Waals surface area contributed by atoms with E-state index < -0.39 is 11.9 Å². The molecular weight excluding hydrogens is 868 g/mol. The Morgan fingerprint density at radius 3 is 1.15 bits per heavy atom. The van der Waals surface area contributed by atoms with Crippen LogP contribution in [-0.2, 0) is 118 Å². The number of pyridine rings is 4. The fourth-order valence-corrected chi connectivity index (χ4v) is 2.44. The number of rotatable bonds is 4. The zero-order valence-electron chi connectivity index (χ0n) is 20.4. The summed E-state index contributed by atoms with van der Waals surface area (Å²) in [6, 6.07) is 17.0. The van der Waals surface area contributed by atoms with Crippen molar-refractivity contribution in [1.29, 1.82) is 0 Å². The van der Waals surface area contributed by atoms with E-state index in [1.165, 1.54) is 47.0 Å². The standard InChI is InChI=1S/C12H8N2O4.C10H8N2.2CNS.Ru.3Y/c15-11(16)7-1-3-13-9(5-7)10-6-8(12(17)18)2-4-14-10;1-3-7-11-9(5-1)10-6-2-4-8-12-10;2*2-1-3;;;;/h1-6H,(H,15,16)(H,17,18);1-8H;;;;;;/q;;2*-1;+2;;;. The molecule has 0 saturated carbocycles. The third-order valence-corrected chi connectivity index (χ3v) is 3.87. The Bertz CT molecular complexity index is 1260. The van der Waals surface area contributed by atoms with E-state index in [0.717, 1.165) is 11.4 Å². The third kappa shape index (κ3) is 18.5. The van der Waals surface area contributed by atoms with Crippen molar-refractivity contribution in [2.24, 2.45) is 0 Å². The molecule has 10 nitrogen and oxygen atoms in total. The minimum absolute atomic E-state index is 0. The Morgan fingerprint density at radius 2 is 0.900 bits per heavy atom. The smallest absolute Gasteiger partial charge is 0.753 e. The van der Waals surface area contributed by atoms with Crippen LogP contribution in [0.3, 0.4) is 0 Å². The van der Waals surface area contributed by atoms with Crippen LogP contribution in [-0.4, -0.2) is 52.4 Å². The van der Waals surface area contributed by atoms with Gasteiger partial charge in [-0.2, -0.15) is 10.3 Å². The van der Waals surface area contributed by atoms with E-state index in [9.17, 15) is 9.59 Å². The molecule has 0 aromatic carbocycles. The topological polar surface area (TPSA) is 171 Å². The van der Waals surface area contributed by atoms with Gasteiger partial charge in [0.2, 0.25) is 0 Å². The van der Waals surface area contributed by atoms with Gasteiger partial charge in [-0.3, -0.25) is 19.9 Å². The fraction of sp³-hybridized carbons (Fsp3) is 0. The number of aromatic carboxylic acids is 2. The molecule has 0 aliphatic rings. The molecule has 4 rings (SSSR count). The summed E-state index contributed by atoms with van der Waals surface area (Å²) in [5, 5.41) is 34.6. The maximum atomic E-state index is 10.8. The SMILES string of the molecule is O=C(O)c1ccnc(-c2cc(C(=O)O)ccn2)c1.[N-]=C=S.[N-]=C=S.[Ru+2].[Y].[Y].[Y].c1ccc(-c2ccccn2)nc1. The Kier molecular flexibility index (Phi) is 32.5. The Labute approximate surface area is 329 Å². The van der Waals surface area contributed by atoms with Gasteiger partial charge in [-0.25, -0.2) is 9.59 Å². The van der Waals surface area contributed by atoms with Gasteiger partial charge in [0.15, 0.2) is 0 Å². The number of nitrogens with zero attached hydrogens (tertiary/aromatic N) is 6. The van der Waals surface area contributed by atoms with Crippen LogP contribution in [0.15, 0.2) is 85.5 Å². The average molecular weight is 884 g/mol. The zero-order chi connectivity index (χ0) is 26.8. The molecule has 0 atom stereocenters. The second kappa shape index (κ2) is 28.2. The van der Waals surface area contributed by atoms with Crippen LogP contribution in [0.4, 0.5) is 0 Å². The van der Waals surface area contributed by atoms with Crippen molar-refractivity contribution in [1.82, 2.24) is 19.9 Å². The zero-order valence-corrected chi connectivity index (χ0v) is 32.3. The monoisotopic (exact) mass is 885 g/mol. The second-order valence-corrected chi connectivity index (χ2v) is 6.45. The van der Waals surface area contributed by atoms with E-state index in [0.29, 0.717) is 11.4 Å². The van der Waals surface area contributed by atoms with Gasteiger partial charge in [0, 0.05) is 123 Å². The Hall–Kier alpha value is -0.925. The second-order valence-electron chi connectivity index (χ2n) is 6.08. The molecule has 195 valence electrons. The van der Waals surface area contributed by atoms with Crippen LogP contribution in [0.1, 0.15) is 20.7 Å². The molecular formula is C24H16N6O4RuS2Y3. The van der Waals surface area contributed by atoms with Gasteiger partial charge in [-0.15, -0.1) is 0 Å². The quantitative estimate of drug-likeness (QED) is 0.162. The molecule has 4 heterocycles. The van der Waals surface area contributed by atoms with Crippen molar-refractivity contribution in [2.45, 2.75) is 0 Å². The third-order valence-electron chi connectivity index (χ3n) is 3.87. The molecule has 0 bridgehead atoms. The van der Waals surface area contributed by atoms with Gasteiger partial charge in [-0.05, 0) is 48.5 Å². The van der Waals surface area contributed by atoms with Crippen molar-refractivity contribution in [3.63, 3.8) is 0 Å². The number of isothiocyanates is 2. The van der Waals surface area contributed by atoms with Gasteiger partial charge in [-0.1, -0.05) is 36.6 Å². The van der Waals surface area contributed by atoms with Gasteiger partial charge in [0.05, 0.1) is 33.9 Å². The summed E-state index contributed by atoms with van der Waals surface area (Å²) in [6.45, 7) is 0. The summed E-state index contributed by atoms with van der Waals surface area (Å²) in [5.41, 5.74) is 2.61. The largest absolute Gasteiger partial charge is 2.00 e. The van der Waals surface area contributed by atoms with Gasteiger partial charge in [0.1, 0.15) is 0 Å². The first-order valence-corrected chi connectivity index (χ1v) is 10.4. The van der Waals surface area contributed by atoms with E-state index >= 15 is 0 Å². The van der Waals surface area contributed by atoms with E-state index in [4.69, 9.17) is 21.0 Å². The Balaban J connectivity index is -0.000000258. The number of hydrogen-bond acceptors (Lipinski definition) is 8. The maximum absolute atomic E-state index is 10.8. The predicted molar refractivity (Wildman–Crippen MR) is 141 cm³/mol. The normalized spacial score (nSPS) is 7.80. The van der Waals surface area contributed by atoms with Crippen LogP contribution < -0.4 is 0 Å². The van der Waals surface area contributed by atoms with E-state index in [-0.39, 0.29) is 129 Å². The van der Waals surface area contributed by atoms with Crippen molar-refractivity contribution in [3.8, 4) is 22.8 Å². The van der Waals surface area contributed by atoms with Gasteiger partial charge < -0.3 is 21.0 Å². The van der Waals surface area contributed by atoms with Gasteiger partial charge in [0.25, 0.3) is 0 Å². The number of aromatic nitrogens is 4. The fourth-order valence-electron chi connectivity index (χ4n) is 2.44. The minimum atomic E-state index is -1.08. The number of hydrogen-bond donors (Lipinski definition) is 2. The number of thiocarbonyl (C=S) groups is 2. The average Bonchev–Trinajstić information content (AvgIpc) is 2.91. The molecule has 0 unspecified atom stereocenters. The molecule has 0 amide bonds. The van der Waals surface area contributed by atoms with E-state index in [2.05, 4.69) is 44.4 Å². The predicted octanol–water partition coefficient (Wildman–Crippen LogP) is 4.99. The van der Waals surface area contributed by atoms with Crippen LogP contribution in [0.5, 0.6) is 0 Å². The van der Waals surface area contributed by atoms with Crippen LogP contribution in [0.25, 0.3) is 33.6 Å². The molecule has 0 spiro atoms. The summed E-state index contributed by atoms with van der Waals surface area (Å²) < 4.78 is 0. The molecule has 0 fully saturated rings. The molecule has 16 heteroatoms. The summed E-state index contributed by atoms with van der Waals surface area (Å²) in [6.07, 6.45) is 6.22. The summed E-state index contributed by atoms with van der Waals surface area (Å²) in [5.74, 6) is -2.15. The number of carboxylic acid groups (broad SMARTS) is 2. The first kappa shape index (κ1) is 46.0. The van der Waals surface area contributed by atoms with Gasteiger partial charge >= 0.3 is 31.4 Å². The first-order valence-electron chi connectivity index (χ1n) is 9.61. The van der Waals surface area contributed by atoms with E-state index in [1.54, 1.807) is 12.4 Å². The molecule has 4 aromatic heterocycles. The van der Waals surface area contributed by atoms with Crippen LogP contribution in [0.2, 0.25) is 0 Å². The van der Waals surface area contributed by atoms with Crippen LogP contribution >= 0.6 is 24.4 Å². The van der Waals surface area contributed by atoms with Crippen LogP contribution in [0, 0.1) is 0 Å². The van der Waals surface area contributed by atoms with Crippen molar-refractivity contribution < 1.29 is 137 Å².